The molecule has 164 valence electrons. The number of aliphatic hydroxyl groups excluding tert-OH is 1. The Hall–Kier alpha value is -2.71. The van der Waals surface area contributed by atoms with E-state index in [1.807, 2.05) is 0 Å². The number of carbonyl (C=O) groups excluding carboxylic acids is 1. The molecule has 3 N–H and O–H groups in total. The Bertz CT molecular complexity index is 1060. The van der Waals surface area contributed by atoms with Crippen molar-refractivity contribution in [1.82, 2.24) is 4.98 Å². The van der Waals surface area contributed by atoms with E-state index in [2.05, 4.69) is 16.6 Å². The summed E-state index contributed by atoms with van der Waals surface area (Å²) in [4.78, 5) is 34.6. The van der Waals surface area contributed by atoms with Gasteiger partial charge in [-0.2, -0.15) is 10.9 Å². The SMILES string of the molecule is Cc1cccc(C(=O)Nc2cc3c(cc2C(=O)O)N=C(C2CCC(CO)CC2)[SH]3C)n1. The van der Waals surface area contributed by atoms with Gasteiger partial charge in [0.15, 0.2) is 0 Å². The summed E-state index contributed by atoms with van der Waals surface area (Å²) in [6, 6.07) is 8.49. The molecule has 0 bridgehead atoms. The average molecular weight is 442 g/mol. The number of rotatable bonds is 5. The van der Waals surface area contributed by atoms with Gasteiger partial charge in [-0.1, -0.05) is 6.07 Å². The first-order valence-electron chi connectivity index (χ1n) is 10.5. The normalized spacial score (nSPS) is 23.7. The van der Waals surface area contributed by atoms with E-state index in [9.17, 15) is 19.8 Å². The Labute approximate surface area is 184 Å². The molecule has 1 aliphatic carbocycles. The predicted octanol–water partition coefficient (Wildman–Crippen LogP) is 4.17. The Morgan fingerprint density at radius 2 is 1.94 bits per heavy atom. The number of fused-ring (bicyclic) bond motifs is 1. The summed E-state index contributed by atoms with van der Waals surface area (Å²) in [5, 5.41) is 23.0. The lowest BCUT2D eigenvalue weighted by Crippen LogP contribution is -2.22. The number of aromatic carboxylic acids is 1. The fourth-order valence-electron chi connectivity index (χ4n) is 4.36. The van der Waals surface area contributed by atoms with E-state index in [1.165, 1.54) is 0 Å². The van der Waals surface area contributed by atoms with E-state index in [-0.39, 0.29) is 23.6 Å². The predicted molar refractivity (Wildman–Crippen MR) is 123 cm³/mol. The third-order valence-electron chi connectivity index (χ3n) is 6.12. The number of nitrogens with one attached hydrogen (secondary N) is 1. The molecule has 1 saturated carbocycles. The topological polar surface area (TPSA) is 112 Å². The van der Waals surface area contributed by atoms with Crippen LogP contribution in [0.3, 0.4) is 0 Å². The number of aryl methyl sites for hydroxylation is 1. The smallest absolute Gasteiger partial charge is 0.337 e. The molecule has 0 radical (unpaired) electrons. The molecular formula is C23H27N3O4S. The molecule has 31 heavy (non-hydrogen) atoms. The van der Waals surface area contributed by atoms with Crippen LogP contribution in [0.25, 0.3) is 0 Å². The number of carbonyl (C=O) groups is 2. The molecule has 7 nitrogen and oxygen atoms in total. The number of hydrogen-bond donors (Lipinski definition) is 4. The molecule has 2 heterocycles. The maximum absolute atomic E-state index is 12.7. The van der Waals surface area contributed by atoms with Crippen LogP contribution in [0.15, 0.2) is 40.2 Å². The molecule has 1 fully saturated rings. The molecule has 1 aromatic heterocycles. The number of anilines is 1. The zero-order chi connectivity index (χ0) is 22.1. The fourth-order valence-corrected chi connectivity index (χ4v) is 6.45. The molecule has 1 aromatic carbocycles. The molecule has 1 amide bonds. The first-order valence-corrected chi connectivity index (χ1v) is 12.3. The van der Waals surface area contributed by atoms with Gasteiger partial charge in [-0.3, -0.25) is 4.79 Å². The van der Waals surface area contributed by atoms with Crippen molar-refractivity contribution in [2.24, 2.45) is 16.8 Å². The first-order chi connectivity index (χ1) is 14.9. The number of amides is 1. The number of aromatic nitrogens is 1. The molecule has 0 spiro atoms. The summed E-state index contributed by atoms with van der Waals surface area (Å²) in [5.74, 6) is -0.802. The highest BCUT2D eigenvalue weighted by Gasteiger charge is 2.32. The number of nitrogens with zero attached hydrogens (tertiary/aromatic N) is 2. The standard InChI is InChI=1S/C23H27N3O4S/c1-13-4-3-5-17(24-13)21(28)25-18-11-20-19(10-16(18)23(29)30)26-22(31(20)2)15-8-6-14(12-27)7-9-15/h3-5,10-11,14-15,27,31H,6-9,12H2,1-2H3,(H,25,28)(H,29,30). The van der Waals surface area contributed by atoms with Gasteiger partial charge in [0, 0.05) is 23.1 Å². The highest BCUT2D eigenvalue weighted by Crippen LogP contribution is 2.53. The van der Waals surface area contributed by atoms with Crippen molar-refractivity contribution in [1.29, 1.82) is 0 Å². The van der Waals surface area contributed by atoms with E-state index in [4.69, 9.17) is 4.99 Å². The maximum Gasteiger partial charge on any atom is 0.337 e. The van der Waals surface area contributed by atoms with Crippen molar-refractivity contribution in [2.75, 3.05) is 18.2 Å². The summed E-state index contributed by atoms with van der Waals surface area (Å²) in [5.41, 5.74) is 1.95. The number of aliphatic imine (C=N–C) groups is 1. The minimum atomic E-state index is -1.11. The average Bonchev–Trinajstić information content (AvgIpc) is 3.09. The summed E-state index contributed by atoms with van der Waals surface area (Å²) < 4.78 is 0. The van der Waals surface area contributed by atoms with Crippen LogP contribution in [0.5, 0.6) is 0 Å². The zero-order valence-electron chi connectivity index (χ0n) is 17.6. The van der Waals surface area contributed by atoms with E-state index >= 15 is 0 Å². The monoisotopic (exact) mass is 441 g/mol. The Kier molecular flexibility index (Phi) is 6.11. The van der Waals surface area contributed by atoms with Gasteiger partial charge in [-0.25, -0.2) is 14.8 Å². The second-order valence-electron chi connectivity index (χ2n) is 8.24. The zero-order valence-corrected chi connectivity index (χ0v) is 18.5. The summed E-state index contributed by atoms with van der Waals surface area (Å²) in [6.07, 6.45) is 6.13. The quantitative estimate of drug-likeness (QED) is 0.520. The van der Waals surface area contributed by atoms with Gasteiger partial charge in [0.25, 0.3) is 5.91 Å². The lowest BCUT2D eigenvalue weighted by molar-refractivity contribution is 0.0698. The maximum atomic E-state index is 12.7. The highest BCUT2D eigenvalue weighted by atomic mass is 32.2. The third kappa shape index (κ3) is 4.36. The summed E-state index contributed by atoms with van der Waals surface area (Å²) in [7, 11) is -0.690. The van der Waals surface area contributed by atoms with Crippen LogP contribution in [-0.2, 0) is 0 Å². The van der Waals surface area contributed by atoms with Crippen molar-refractivity contribution in [3.05, 3.63) is 47.3 Å². The molecular weight excluding hydrogens is 414 g/mol. The van der Waals surface area contributed by atoms with Crippen molar-refractivity contribution in [2.45, 2.75) is 37.5 Å². The molecule has 8 heteroatoms. The van der Waals surface area contributed by atoms with Crippen LogP contribution in [-0.4, -0.2) is 45.0 Å². The minimum absolute atomic E-state index is 0.0251. The van der Waals surface area contributed by atoms with E-state index in [0.717, 1.165) is 35.6 Å². The number of aliphatic hydroxyl groups is 1. The van der Waals surface area contributed by atoms with Crippen LogP contribution in [0.4, 0.5) is 11.4 Å². The van der Waals surface area contributed by atoms with E-state index in [1.54, 1.807) is 37.3 Å². The van der Waals surface area contributed by atoms with Crippen molar-refractivity contribution in [3.63, 3.8) is 0 Å². The lowest BCUT2D eigenvalue weighted by Gasteiger charge is -2.30. The largest absolute Gasteiger partial charge is 0.478 e. The number of carboxylic acids is 1. The molecule has 1 atom stereocenters. The van der Waals surface area contributed by atoms with E-state index in [0.29, 0.717) is 23.2 Å². The summed E-state index contributed by atoms with van der Waals surface area (Å²) >= 11 is 0. The van der Waals surface area contributed by atoms with Crippen molar-refractivity contribution in [3.8, 4) is 0 Å². The highest BCUT2D eigenvalue weighted by molar-refractivity contribution is 8.30. The number of pyridine rings is 1. The van der Waals surface area contributed by atoms with Crippen LogP contribution < -0.4 is 5.32 Å². The third-order valence-corrected chi connectivity index (χ3v) is 8.36. The van der Waals surface area contributed by atoms with Gasteiger partial charge in [-0.05, 0) is 69.0 Å². The number of hydrogen-bond acceptors (Lipinski definition) is 5. The van der Waals surface area contributed by atoms with Crippen molar-refractivity contribution >= 4 is 39.2 Å². The van der Waals surface area contributed by atoms with Crippen LogP contribution >= 0.6 is 10.9 Å². The second-order valence-corrected chi connectivity index (χ2v) is 10.3. The molecule has 4 rings (SSSR count). The second kappa shape index (κ2) is 8.80. The van der Waals surface area contributed by atoms with Gasteiger partial charge in [0.1, 0.15) is 5.69 Å². The molecule has 1 aliphatic heterocycles. The Balaban J connectivity index is 1.61. The van der Waals surface area contributed by atoms with Gasteiger partial charge in [0.2, 0.25) is 0 Å². The van der Waals surface area contributed by atoms with Crippen LogP contribution in [0.2, 0.25) is 0 Å². The number of carboxylic acid groups (broad SMARTS) is 1. The van der Waals surface area contributed by atoms with Gasteiger partial charge in [-0.15, -0.1) is 0 Å². The molecule has 1 unspecified atom stereocenters. The van der Waals surface area contributed by atoms with Crippen molar-refractivity contribution < 1.29 is 19.8 Å². The van der Waals surface area contributed by atoms with E-state index < -0.39 is 22.8 Å². The van der Waals surface area contributed by atoms with Gasteiger partial charge >= 0.3 is 5.97 Å². The van der Waals surface area contributed by atoms with Crippen LogP contribution in [0.1, 0.15) is 52.2 Å². The number of benzene rings is 1. The molecule has 2 aliphatic rings. The minimum Gasteiger partial charge on any atom is -0.478 e. The first kappa shape index (κ1) is 21.5. The molecule has 0 saturated heterocycles. The van der Waals surface area contributed by atoms with Gasteiger partial charge < -0.3 is 15.5 Å². The Morgan fingerprint density at radius 1 is 1.19 bits per heavy atom. The summed E-state index contributed by atoms with van der Waals surface area (Å²) in [6.45, 7) is 2.03. The van der Waals surface area contributed by atoms with Gasteiger partial charge in [0.05, 0.1) is 22.0 Å². The van der Waals surface area contributed by atoms with Crippen LogP contribution in [0, 0.1) is 18.8 Å². The molecule has 2 aromatic rings. The fraction of sp³-hybridized carbons (Fsp3) is 0.391. The lowest BCUT2D eigenvalue weighted by atomic mass is 9.83. The number of thiol groups is 1. The Morgan fingerprint density at radius 3 is 2.58 bits per heavy atom.